The summed E-state index contributed by atoms with van der Waals surface area (Å²) in [4.78, 5) is 0. The summed E-state index contributed by atoms with van der Waals surface area (Å²) in [5.41, 5.74) is 0.468. The molecule has 0 spiro atoms. The maximum atomic E-state index is 13.6. The summed E-state index contributed by atoms with van der Waals surface area (Å²) in [7, 11) is 0. The van der Waals surface area contributed by atoms with E-state index in [0.717, 1.165) is 17.7 Å². The largest absolute Gasteiger partial charge is 0.394 e. The van der Waals surface area contributed by atoms with Gasteiger partial charge < -0.3 is 15.5 Å². The molecule has 21 heavy (non-hydrogen) atoms. The lowest BCUT2D eigenvalue weighted by atomic mass is 10.1. The van der Waals surface area contributed by atoms with E-state index in [2.05, 4.69) is 5.32 Å². The van der Waals surface area contributed by atoms with E-state index in [9.17, 15) is 19.0 Å². The lowest BCUT2D eigenvalue weighted by molar-refractivity contribution is 0.151. The average Bonchev–Trinajstić information content (AvgIpc) is 2.49. The van der Waals surface area contributed by atoms with Gasteiger partial charge in [-0.3, -0.25) is 0 Å². The molecule has 2 atom stereocenters. The molecule has 0 radical (unpaired) electrons. The molecule has 3 N–H and O–H groups in total. The topological polar surface area (TPSA) is 52.5 Å². The van der Waals surface area contributed by atoms with E-state index in [0.29, 0.717) is 0 Å². The summed E-state index contributed by atoms with van der Waals surface area (Å²) >= 11 is 0. The summed E-state index contributed by atoms with van der Waals surface area (Å²) in [5.74, 6) is -1.57. The molecule has 3 nitrogen and oxygen atoms in total. The Balaban J connectivity index is 2.05. The zero-order chi connectivity index (χ0) is 15.2. The standard InChI is InChI=1S/C16H17F2NO2/c17-12-7-4-8-13(18)16(12)15(21)9-19-14(10-20)11-5-2-1-3-6-11/h1-8,14-15,19-21H,9-10H2. The molecule has 0 amide bonds. The molecule has 0 saturated heterocycles. The first-order chi connectivity index (χ1) is 10.1. The van der Waals surface area contributed by atoms with Gasteiger partial charge in [-0.15, -0.1) is 0 Å². The second-order valence-corrected chi connectivity index (χ2v) is 4.71. The number of halogens is 2. The molecule has 2 aromatic rings. The monoisotopic (exact) mass is 293 g/mol. The number of benzene rings is 2. The van der Waals surface area contributed by atoms with E-state index in [-0.39, 0.29) is 18.7 Å². The van der Waals surface area contributed by atoms with Gasteiger partial charge in [-0.05, 0) is 17.7 Å². The zero-order valence-electron chi connectivity index (χ0n) is 11.3. The first-order valence-corrected chi connectivity index (χ1v) is 6.64. The Labute approximate surface area is 121 Å². The van der Waals surface area contributed by atoms with E-state index in [1.54, 1.807) is 0 Å². The van der Waals surface area contributed by atoms with Gasteiger partial charge in [-0.25, -0.2) is 8.78 Å². The van der Waals surface area contributed by atoms with Crippen molar-refractivity contribution < 1.29 is 19.0 Å². The molecule has 2 unspecified atom stereocenters. The fourth-order valence-electron chi connectivity index (χ4n) is 2.16. The van der Waals surface area contributed by atoms with Crippen LogP contribution in [0.5, 0.6) is 0 Å². The Morgan fingerprint density at radius 1 is 0.952 bits per heavy atom. The van der Waals surface area contributed by atoms with Crippen LogP contribution in [0.15, 0.2) is 48.5 Å². The van der Waals surface area contributed by atoms with Gasteiger partial charge in [0.05, 0.1) is 24.3 Å². The first-order valence-electron chi connectivity index (χ1n) is 6.64. The molecular formula is C16H17F2NO2. The van der Waals surface area contributed by atoms with Crippen LogP contribution >= 0.6 is 0 Å². The van der Waals surface area contributed by atoms with Crippen LogP contribution in [0.25, 0.3) is 0 Å². The quantitative estimate of drug-likeness (QED) is 0.766. The van der Waals surface area contributed by atoms with Crippen LogP contribution in [0.4, 0.5) is 8.78 Å². The van der Waals surface area contributed by atoms with Crippen molar-refractivity contribution in [2.45, 2.75) is 12.1 Å². The Morgan fingerprint density at radius 2 is 1.57 bits per heavy atom. The highest BCUT2D eigenvalue weighted by Crippen LogP contribution is 2.21. The molecule has 112 valence electrons. The van der Waals surface area contributed by atoms with Crippen molar-refractivity contribution in [3.63, 3.8) is 0 Å². The van der Waals surface area contributed by atoms with Gasteiger partial charge in [-0.1, -0.05) is 36.4 Å². The highest BCUT2D eigenvalue weighted by molar-refractivity contribution is 5.23. The lowest BCUT2D eigenvalue weighted by Gasteiger charge is -2.20. The van der Waals surface area contributed by atoms with Crippen molar-refractivity contribution in [1.29, 1.82) is 0 Å². The van der Waals surface area contributed by atoms with Gasteiger partial charge in [-0.2, -0.15) is 0 Å². The molecule has 0 aliphatic carbocycles. The zero-order valence-corrected chi connectivity index (χ0v) is 11.3. The Morgan fingerprint density at radius 3 is 2.14 bits per heavy atom. The molecule has 0 aliphatic rings. The number of aliphatic hydroxyl groups is 2. The minimum atomic E-state index is -1.33. The van der Waals surface area contributed by atoms with Crippen LogP contribution in [0.1, 0.15) is 23.3 Å². The molecule has 2 aromatic carbocycles. The molecule has 0 aliphatic heterocycles. The third kappa shape index (κ3) is 3.85. The number of aliphatic hydroxyl groups excluding tert-OH is 2. The minimum absolute atomic E-state index is 0.0715. The summed E-state index contributed by atoms with van der Waals surface area (Å²) in [6.07, 6.45) is -1.33. The average molecular weight is 293 g/mol. The van der Waals surface area contributed by atoms with Gasteiger partial charge in [0, 0.05) is 6.54 Å². The molecule has 0 aromatic heterocycles. The van der Waals surface area contributed by atoms with Crippen molar-refractivity contribution in [3.05, 3.63) is 71.3 Å². The summed E-state index contributed by atoms with van der Waals surface area (Å²) in [5, 5.41) is 22.2. The van der Waals surface area contributed by atoms with Crippen molar-refractivity contribution in [2.75, 3.05) is 13.2 Å². The normalized spacial score (nSPS) is 13.9. The van der Waals surface area contributed by atoms with E-state index in [1.807, 2.05) is 30.3 Å². The molecule has 0 fully saturated rings. The summed E-state index contributed by atoms with van der Waals surface area (Å²) in [6.45, 7) is -0.255. The van der Waals surface area contributed by atoms with Crippen LogP contribution < -0.4 is 5.32 Å². The predicted molar refractivity (Wildman–Crippen MR) is 75.6 cm³/mol. The van der Waals surface area contributed by atoms with Gasteiger partial charge in [0.2, 0.25) is 0 Å². The van der Waals surface area contributed by atoms with Gasteiger partial charge in [0.1, 0.15) is 11.6 Å². The third-order valence-corrected chi connectivity index (χ3v) is 3.28. The van der Waals surface area contributed by atoms with Gasteiger partial charge in [0.15, 0.2) is 0 Å². The minimum Gasteiger partial charge on any atom is -0.394 e. The van der Waals surface area contributed by atoms with E-state index >= 15 is 0 Å². The van der Waals surface area contributed by atoms with Crippen LogP contribution in [0.2, 0.25) is 0 Å². The Hall–Kier alpha value is -1.82. The first kappa shape index (κ1) is 15.6. The maximum Gasteiger partial charge on any atom is 0.131 e. The molecule has 0 saturated carbocycles. The number of hydrogen-bond donors (Lipinski definition) is 3. The van der Waals surface area contributed by atoms with Crippen LogP contribution in [-0.2, 0) is 0 Å². The van der Waals surface area contributed by atoms with Crippen molar-refractivity contribution in [2.24, 2.45) is 0 Å². The molecule has 2 rings (SSSR count). The van der Waals surface area contributed by atoms with Crippen LogP contribution in [0.3, 0.4) is 0 Å². The summed E-state index contributed by atoms with van der Waals surface area (Å²) < 4.78 is 27.1. The maximum absolute atomic E-state index is 13.6. The number of nitrogens with one attached hydrogen (secondary N) is 1. The van der Waals surface area contributed by atoms with E-state index < -0.39 is 23.8 Å². The Bertz CT molecular complexity index is 557. The number of rotatable bonds is 6. The van der Waals surface area contributed by atoms with Gasteiger partial charge in [0.25, 0.3) is 0 Å². The smallest absolute Gasteiger partial charge is 0.131 e. The summed E-state index contributed by atoms with van der Waals surface area (Å²) in [6, 6.07) is 12.2. The number of hydrogen-bond acceptors (Lipinski definition) is 3. The Kier molecular flexibility index (Phi) is 5.38. The third-order valence-electron chi connectivity index (χ3n) is 3.28. The van der Waals surface area contributed by atoms with Crippen LogP contribution in [0, 0.1) is 11.6 Å². The molecule has 0 heterocycles. The molecule has 5 heteroatoms. The van der Waals surface area contributed by atoms with Crippen molar-refractivity contribution in [1.82, 2.24) is 5.32 Å². The van der Waals surface area contributed by atoms with E-state index in [4.69, 9.17) is 0 Å². The molecule has 0 bridgehead atoms. The lowest BCUT2D eigenvalue weighted by Crippen LogP contribution is -2.29. The highest BCUT2D eigenvalue weighted by atomic mass is 19.1. The SMILES string of the molecule is OCC(NCC(O)c1c(F)cccc1F)c1ccccc1. The van der Waals surface area contributed by atoms with E-state index in [1.165, 1.54) is 6.07 Å². The van der Waals surface area contributed by atoms with Crippen molar-refractivity contribution in [3.8, 4) is 0 Å². The van der Waals surface area contributed by atoms with Crippen molar-refractivity contribution >= 4 is 0 Å². The fourth-order valence-corrected chi connectivity index (χ4v) is 2.16. The van der Waals surface area contributed by atoms with Gasteiger partial charge >= 0.3 is 0 Å². The second-order valence-electron chi connectivity index (χ2n) is 4.71. The fraction of sp³-hybridized carbons (Fsp3) is 0.250. The highest BCUT2D eigenvalue weighted by Gasteiger charge is 2.19. The van der Waals surface area contributed by atoms with Crippen LogP contribution in [-0.4, -0.2) is 23.4 Å². The molecular weight excluding hydrogens is 276 g/mol. The predicted octanol–water partition coefficient (Wildman–Crippen LogP) is 2.32. The second kappa shape index (κ2) is 7.26.